The minimum Gasteiger partial charge on any atom is -0.477 e. The van der Waals surface area contributed by atoms with Gasteiger partial charge < -0.3 is 5.11 Å². The van der Waals surface area contributed by atoms with Crippen molar-refractivity contribution in [3.8, 4) is 10.0 Å². The minimum absolute atomic E-state index is 0.247. The molecule has 0 radical (unpaired) electrons. The molecule has 0 aliphatic rings. The number of carboxylic acid groups (broad SMARTS) is 1. The van der Waals surface area contributed by atoms with E-state index in [0.29, 0.717) is 20.0 Å². The monoisotopic (exact) mass is 260 g/mol. The van der Waals surface area contributed by atoms with Crippen molar-refractivity contribution in [3.63, 3.8) is 0 Å². The van der Waals surface area contributed by atoms with Crippen LogP contribution in [-0.4, -0.2) is 21.0 Å². The van der Waals surface area contributed by atoms with Crippen molar-refractivity contribution >= 4 is 40.2 Å². The molecule has 0 fully saturated rings. The van der Waals surface area contributed by atoms with Crippen molar-refractivity contribution in [1.82, 2.24) is 9.97 Å². The van der Waals surface area contributed by atoms with Crippen molar-refractivity contribution < 1.29 is 9.90 Å². The average Bonchev–Trinajstić information content (AvgIpc) is 2.71. The van der Waals surface area contributed by atoms with Gasteiger partial charge in [0.1, 0.15) is 9.21 Å². The van der Waals surface area contributed by atoms with Crippen molar-refractivity contribution in [2.75, 3.05) is 0 Å². The van der Waals surface area contributed by atoms with E-state index in [-0.39, 0.29) is 4.88 Å². The Labute approximate surface area is 98.2 Å². The lowest BCUT2D eigenvalue weighted by Gasteiger charge is -1.84. The Balaban J connectivity index is 2.46. The smallest absolute Gasteiger partial charge is 0.347 e. The lowest BCUT2D eigenvalue weighted by atomic mass is 10.4. The molecule has 0 saturated carbocycles. The number of hydrogen-bond donors (Lipinski definition) is 1. The van der Waals surface area contributed by atoms with Crippen LogP contribution in [0.3, 0.4) is 0 Å². The van der Waals surface area contributed by atoms with E-state index in [0.717, 1.165) is 11.3 Å². The van der Waals surface area contributed by atoms with Gasteiger partial charge in [0, 0.05) is 0 Å². The molecular formula is C8H5ClN2O2S2. The van der Waals surface area contributed by atoms with Crippen LogP contribution in [0, 0.1) is 6.92 Å². The molecule has 2 rings (SSSR count). The predicted molar refractivity (Wildman–Crippen MR) is 59.9 cm³/mol. The van der Waals surface area contributed by atoms with Gasteiger partial charge in [0.25, 0.3) is 0 Å². The van der Waals surface area contributed by atoms with Gasteiger partial charge in [0.15, 0.2) is 10.0 Å². The van der Waals surface area contributed by atoms with E-state index in [2.05, 4.69) is 9.97 Å². The maximum atomic E-state index is 10.8. The SMILES string of the molecule is Cc1nc(-c2ncc(Cl)s2)sc1C(=O)O. The van der Waals surface area contributed by atoms with Gasteiger partial charge in [-0.25, -0.2) is 14.8 Å². The van der Waals surface area contributed by atoms with Crippen LogP contribution in [0.15, 0.2) is 6.20 Å². The molecule has 4 nitrogen and oxygen atoms in total. The maximum Gasteiger partial charge on any atom is 0.347 e. The molecule has 78 valence electrons. The van der Waals surface area contributed by atoms with E-state index in [4.69, 9.17) is 16.7 Å². The fraction of sp³-hybridized carbons (Fsp3) is 0.125. The van der Waals surface area contributed by atoms with Gasteiger partial charge in [0.2, 0.25) is 0 Å². The molecule has 15 heavy (non-hydrogen) atoms. The largest absolute Gasteiger partial charge is 0.477 e. The average molecular weight is 261 g/mol. The molecule has 0 aliphatic heterocycles. The van der Waals surface area contributed by atoms with Crippen LogP contribution in [0.1, 0.15) is 15.4 Å². The van der Waals surface area contributed by atoms with Crippen LogP contribution in [-0.2, 0) is 0 Å². The number of halogens is 1. The first-order valence-corrected chi connectivity index (χ1v) is 5.91. The fourth-order valence-corrected chi connectivity index (χ4v) is 2.88. The summed E-state index contributed by atoms with van der Waals surface area (Å²) in [5.74, 6) is -0.959. The van der Waals surface area contributed by atoms with Gasteiger partial charge in [-0.2, -0.15) is 0 Å². The Morgan fingerprint density at radius 2 is 2.20 bits per heavy atom. The Bertz CT molecular complexity index is 520. The van der Waals surface area contributed by atoms with Crippen molar-refractivity contribution in [2.45, 2.75) is 6.92 Å². The van der Waals surface area contributed by atoms with Gasteiger partial charge in [-0.05, 0) is 6.92 Å². The molecule has 2 heterocycles. The Morgan fingerprint density at radius 3 is 2.67 bits per heavy atom. The van der Waals surface area contributed by atoms with Crippen LogP contribution in [0.4, 0.5) is 0 Å². The van der Waals surface area contributed by atoms with Crippen molar-refractivity contribution in [2.24, 2.45) is 0 Å². The Kier molecular flexibility index (Phi) is 2.72. The molecule has 0 spiro atoms. The molecule has 1 N–H and O–H groups in total. The number of aromatic nitrogens is 2. The molecule has 0 saturated heterocycles. The summed E-state index contributed by atoms with van der Waals surface area (Å²) in [5, 5.41) is 10.1. The quantitative estimate of drug-likeness (QED) is 0.902. The summed E-state index contributed by atoms with van der Waals surface area (Å²) in [7, 11) is 0. The highest BCUT2D eigenvalue weighted by molar-refractivity contribution is 7.24. The first kappa shape index (κ1) is 10.5. The van der Waals surface area contributed by atoms with Crippen molar-refractivity contribution in [3.05, 3.63) is 21.1 Å². The second-order valence-corrected chi connectivity index (χ2v) is 5.37. The van der Waals surface area contributed by atoms with E-state index in [1.165, 1.54) is 17.5 Å². The van der Waals surface area contributed by atoms with Crippen LogP contribution >= 0.6 is 34.3 Å². The summed E-state index contributed by atoms with van der Waals surface area (Å²) in [5.41, 5.74) is 0.508. The minimum atomic E-state index is -0.959. The number of nitrogens with zero attached hydrogens (tertiary/aromatic N) is 2. The predicted octanol–water partition coefficient (Wildman–Crippen LogP) is 2.93. The lowest BCUT2D eigenvalue weighted by Crippen LogP contribution is -1.94. The first-order chi connectivity index (χ1) is 7.08. The summed E-state index contributed by atoms with van der Waals surface area (Å²) in [4.78, 5) is 19.2. The summed E-state index contributed by atoms with van der Waals surface area (Å²) >= 11 is 8.13. The highest BCUT2D eigenvalue weighted by Crippen LogP contribution is 2.32. The number of hydrogen-bond acceptors (Lipinski definition) is 5. The first-order valence-electron chi connectivity index (χ1n) is 3.90. The summed E-state index contributed by atoms with van der Waals surface area (Å²) < 4.78 is 0.565. The van der Waals surface area contributed by atoms with Gasteiger partial charge >= 0.3 is 5.97 Å². The summed E-state index contributed by atoms with van der Waals surface area (Å²) in [6.07, 6.45) is 1.53. The zero-order chi connectivity index (χ0) is 11.0. The van der Waals surface area contributed by atoms with E-state index in [9.17, 15) is 4.79 Å². The lowest BCUT2D eigenvalue weighted by molar-refractivity contribution is 0.0701. The van der Waals surface area contributed by atoms with Crippen molar-refractivity contribution in [1.29, 1.82) is 0 Å². The van der Waals surface area contributed by atoms with E-state index in [1.54, 1.807) is 6.92 Å². The molecule has 0 amide bonds. The molecule has 0 unspecified atom stereocenters. The van der Waals surface area contributed by atoms with Gasteiger partial charge in [0.05, 0.1) is 11.9 Å². The normalized spacial score (nSPS) is 10.5. The maximum absolute atomic E-state index is 10.8. The highest BCUT2D eigenvalue weighted by atomic mass is 35.5. The van der Waals surface area contributed by atoms with Crippen LogP contribution in [0.5, 0.6) is 0 Å². The number of aromatic carboxylic acids is 1. The van der Waals surface area contributed by atoms with Crippen LogP contribution < -0.4 is 0 Å². The second kappa shape index (κ2) is 3.88. The standard InChI is InChI=1S/C8H5ClN2O2S2/c1-3-5(8(12)13)15-7(11-3)6-10-2-4(9)14-6/h2H,1H3,(H,12,13). The Morgan fingerprint density at radius 1 is 1.47 bits per heavy atom. The number of carboxylic acids is 1. The van der Waals surface area contributed by atoms with Gasteiger partial charge in [-0.15, -0.1) is 11.3 Å². The molecular weight excluding hydrogens is 256 g/mol. The summed E-state index contributed by atoms with van der Waals surface area (Å²) in [6.45, 7) is 1.67. The van der Waals surface area contributed by atoms with Crippen LogP contribution in [0.2, 0.25) is 4.34 Å². The molecule has 2 aromatic rings. The number of thiazole rings is 2. The van der Waals surface area contributed by atoms with Gasteiger partial charge in [-0.1, -0.05) is 22.9 Å². The van der Waals surface area contributed by atoms with E-state index < -0.39 is 5.97 Å². The number of carbonyl (C=O) groups is 1. The topological polar surface area (TPSA) is 63.1 Å². The molecule has 7 heteroatoms. The second-order valence-electron chi connectivity index (χ2n) is 2.71. The Hall–Kier alpha value is -0.980. The third-order valence-corrected chi connectivity index (χ3v) is 4.05. The highest BCUT2D eigenvalue weighted by Gasteiger charge is 2.16. The zero-order valence-electron chi connectivity index (χ0n) is 7.52. The molecule has 2 aromatic heterocycles. The van der Waals surface area contributed by atoms with Crippen LogP contribution in [0.25, 0.3) is 10.0 Å². The fourth-order valence-electron chi connectivity index (χ4n) is 1.04. The molecule has 0 aromatic carbocycles. The molecule has 0 bridgehead atoms. The van der Waals surface area contributed by atoms with E-state index >= 15 is 0 Å². The number of rotatable bonds is 2. The summed E-state index contributed by atoms with van der Waals surface area (Å²) in [6, 6.07) is 0. The third kappa shape index (κ3) is 2.01. The van der Waals surface area contributed by atoms with E-state index in [1.807, 2.05) is 0 Å². The zero-order valence-corrected chi connectivity index (χ0v) is 9.91. The van der Waals surface area contributed by atoms with Gasteiger partial charge in [-0.3, -0.25) is 0 Å². The molecule has 0 aliphatic carbocycles. The number of aryl methyl sites for hydroxylation is 1. The third-order valence-electron chi connectivity index (χ3n) is 1.65. The molecule has 0 atom stereocenters.